The zero-order valence-electron chi connectivity index (χ0n) is 11.4. The third-order valence-electron chi connectivity index (χ3n) is 4.07. The Hall–Kier alpha value is -0.410. The van der Waals surface area contributed by atoms with Crippen molar-refractivity contribution in [3.05, 3.63) is 16.1 Å². The second-order valence-corrected chi connectivity index (χ2v) is 6.58. The van der Waals surface area contributed by atoms with Gasteiger partial charge in [0.2, 0.25) is 0 Å². The highest BCUT2D eigenvalue weighted by Crippen LogP contribution is 2.31. The molecule has 2 nitrogen and oxygen atoms in total. The van der Waals surface area contributed by atoms with Crippen LogP contribution in [0.5, 0.6) is 0 Å². The summed E-state index contributed by atoms with van der Waals surface area (Å²) in [5.41, 5.74) is 3.14. The topological polar surface area (TPSA) is 24.9 Å². The van der Waals surface area contributed by atoms with E-state index in [1.807, 2.05) is 5.51 Å². The molecule has 3 heteroatoms. The SMILES string of the molecule is Cc1ncsc1C(C)NC1CCC(C)CC1C. The summed E-state index contributed by atoms with van der Waals surface area (Å²) in [6, 6.07) is 1.13. The third kappa shape index (κ3) is 3.08. The van der Waals surface area contributed by atoms with Crippen LogP contribution in [0.4, 0.5) is 0 Å². The van der Waals surface area contributed by atoms with Gasteiger partial charge in [-0.1, -0.05) is 13.8 Å². The maximum Gasteiger partial charge on any atom is 0.0798 e. The van der Waals surface area contributed by atoms with Gasteiger partial charge in [-0.05, 0) is 44.9 Å². The van der Waals surface area contributed by atoms with E-state index >= 15 is 0 Å². The molecule has 96 valence electrons. The molecule has 17 heavy (non-hydrogen) atoms. The first-order valence-corrected chi connectivity index (χ1v) is 7.62. The van der Waals surface area contributed by atoms with Crippen LogP contribution in [0, 0.1) is 18.8 Å². The van der Waals surface area contributed by atoms with E-state index in [9.17, 15) is 0 Å². The summed E-state index contributed by atoms with van der Waals surface area (Å²) in [5.74, 6) is 1.71. The van der Waals surface area contributed by atoms with Crippen molar-refractivity contribution in [3.63, 3.8) is 0 Å². The zero-order valence-corrected chi connectivity index (χ0v) is 12.2. The van der Waals surface area contributed by atoms with Crippen LogP contribution in [0.1, 0.15) is 56.6 Å². The highest BCUT2D eigenvalue weighted by Gasteiger charge is 2.26. The van der Waals surface area contributed by atoms with Crippen LogP contribution in [-0.2, 0) is 0 Å². The maximum atomic E-state index is 4.34. The number of hydrogen-bond acceptors (Lipinski definition) is 3. The van der Waals surface area contributed by atoms with Gasteiger partial charge in [0.25, 0.3) is 0 Å². The summed E-state index contributed by atoms with van der Waals surface area (Å²) in [4.78, 5) is 5.74. The summed E-state index contributed by atoms with van der Waals surface area (Å²) in [6.07, 6.45) is 4.06. The van der Waals surface area contributed by atoms with Crippen LogP contribution < -0.4 is 5.32 Å². The minimum atomic E-state index is 0.448. The number of nitrogens with zero attached hydrogens (tertiary/aromatic N) is 1. The molecule has 2 rings (SSSR count). The Balaban J connectivity index is 1.95. The normalized spacial score (nSPS) is 31.4. The van der Waals surface area contributed by atoms with E-state index in [0.717, 1.165) is 11.8 Å². The Bertz CT molecular complexity index is 361. The molecule has 0 aliphatic heterocycles. The van der Waals surface area contributed by atoms with Crippen molar-refractivity contribution in [2.24, 2.45) is 11.8 Å². The maximum absolute atomic E-state index is 4.34. The van der Waals surface area contributed by atoms with Gasteiger partial charge < -0.3 is 5.32 Å². The van der Waals surface area contributed by atoms with Crippen LogP contribution in [-0.4, -0.2) is 11.0 Å². The number of aryl methyl sites for hydroxylation is 1. The van der Waals surface area contributed by atoms with E-state index in [2.05, 4.69) is 38.0 Å². The molecular formula is C14H24N2S. The fourth-order valence-electron chi connectivity index (χ4n) is 3.04. The lowest BCUT2D eigenvalue weighted by Gasteiger charge is -2.35. The van der Waals surface area contributed by atoms with Crippen LogP contribution in [0.2, 0.25) is 0 Å². The first-order chi connectivity index (χ1) is 8.08. The van der Waals surface area contributed by atoms with E-state index in [-0.39, 0.29) is 0 Å². The molecule has 0 amide bonds. The summed E-state index contributed by atoms with van der Waals surface area (Å²) in [7, 11) is 0. The van der Waals surface area contributed by atoms with Crippen molar-refractivity contribution in [1.29, 1.82) is 0 Å². The van der Waals surface area contributed by atoms with Gasteiger partial charge in [0.15, 0.2) is 0 Å². The first kappa shape index (κ1) is 13.0. The van der Waals surface area contributed by atoms with Crippen LogP contribution in [0.15, 0.2) is 5.51 Å². The monoisotopic (exact) mass is 252 g/mol. The molecule has 1 N–H and O–H groups in total. The van der Waals surface area contributed by atoms with E-state index < -0.39 is 0 Å². The quantitative estimate of drug-likeness (QED) is 0.881. The second kappa shape index (κ2) is 5.49. The molecule has 4 atom stereocenters. The molecular weight excluding hydrogens is 228 g/mol. The molecule has 0 bridgehead atoms. The van der Waals surface area contributed by atoms with Gasteiger partial charge in [0, 0.05) is 17.0 Å². The zero-order chi connectivity index (χ0) is 12.4. The Labute approximate surface area is 109 Å². The Morgan fingerprint density at radius 3 is 2.76 bits per heavy atom. The Morgan fingerprint density at radius 2 is 2.18 bits per heavy atom. The smallest absolute Gasteiger partial charge is 0.0798 e. The number of hydrogen-bond donors (Lipinski definition) is 1. The van der Waals surface area contributed by atoms with Gasteiger partial charge in [-0.3, -0.25) is 0 Å². The van der Waals surface area contributed by atoms with Crippen molar-refractivity contribution in [2.75, 3.05) is 0 Å². The summed E-state index contributed by atoms with van der Waals surface area (Å²) < 4.78 is 0. The number of nitrogens with one attached hydrogen (secondary N) is 1. The second-order valence-electron chi connectivity index (χ2n) is 5.69. The van der Waals surface area contributed by atoms with Crippen molar-refractivity contribution in [2.45, 2.75) is 59.0 Å². The van der Waals surface area contributed by atoms with Crippen molar-refractivity contribution < 1.29 is 0 Å². The van der Waals surface area contributed by atoms with Crippen molar-refractivity contribution in [1.82, 2.24) is 10.3 Å². The predicted octanol–water partition coefficient (Wildman–Crippen LogP) is 3.93. The molecule has 0 radical (unpaired) electrons. The molecule has 1 aromatic heterocycles. The van der Waals surface area contributed by atoms with Gasteiger partial charge in [0.05, 0.1) is 11.2 Å². The standard InChI is InChI=1S/C14H24N2S/c1-9-5-6-13(10(2)7-9)16-12(4)14-11(3)15-8-17-14/h8-10,12-13,16H,5-7H2,1-4H3. The molecule has 1 aliphatic carbocycles. The van der Waals surface area contributed by atoms with Gasteiger partial charge in [0.1, 0.15) is 0 Å². The van der Waals surface area contributed by atoms with E-state index in [1.165, 1.54) is 29.8 Å². The number of rotatable bonds is 3. The average Bonchev–Trinajstić information content (AvgIpc) is 2.68. The molecule has 0 saturated heterocycles. The number of aromatic nitrogens is 1. The lowest BCUT2D eigenvalue weighted by molar-refractivity contribution is 0.217. The third-order valence-corrected chi connectivity index (χ3v) is 5.19. The number of thiazole rings is 1. The van der Waals surface area contributed by atoms with Crippen LogP contribution in [0.3, 0.4) is 0 Å². The van der Waals surface area contributed by atoms with E-state index in [0.29, 0.717) is 12.1 Å². The average molecular weight is 252 g/mol. The molecule has 1 heterocycles. The predicted molar refractivity (Wildman–Crippen MR) is 74.4 cm³/mol. The molecule has 0 spiro atoms. The summed E-state index contributed by atoms with van der Waals surface area (Å²) in [6.45, 7) is 9.14. The van der Waals surface area contributed by atoms with Crippen LogP contribution >= 0.6 is 11.3 Å². The molecule has 0 aromatic carbocycles. The molecule has 1 aliphatic rings. The molecule has 1 fully saturated rings. The molecule has 4 unspecified atom stereocenters. The summed E-state index contributed by atoms with van der Waals surface area (Å²) in [5, 5.41) is 3.80. The molecule has 1 saturated carbocycles. The highest BCUT2D eigenvalue weighted by atomic mass is 32.1. The van der Waals surface area contributed by atoms with E-state index in [1.54, 1.807) is 11.3 Å². The van der Waals surface area contributed by atoms with Gasteiger partial charge >= 0.3 is 0 Å². The highest BCUT2D eigenvalue weighted by molar-refractivity contribution is 7.09. The lowest BCUT2D eigenvalue weighted by atomic mass is 9.79. The lowest BCUT2D eigenvalue weighted by Crippen LogP contribution is -2.40. The fraction of sp³-hybridized carbons (Fsp3) is 0.786. The Morgan fingerprint density at radius 1 is 1.41 bits per heavy atom. The van der Waals surface area contributed by atoms with Crippen LogP contribution in [0.25, 0.3) is 0 Å². The van der Waals surface area contributed by atoms with Gasteiger partial charge in [-0.25, -0.2) is 4.98 Å². The largest absolute Gasteiger partial charge is 0.306 e. The summed E-state index contributed by atoms with van der Waals surface area (Å²) >= 11 is 1.77. The first-order valence-electron chi connectivity index (χ1n) is 6.74. The van der Waals surface area contributed by atoms with Crippen molar-refractivity contribution >= 4 is 11.3 Å². The van der Waals surface area contributed by atoms with Gasteiger partial charge in [-0.2, -0.15) is 0 Å². The van der Waals surface area contributed by atoms with Crippen molar-refractivity contribution in [3.8, 4) is 0 Å². The van der Waals surface area contributed by atoms with E-state index in [4.69, 9.17) is 0 Å². The molecule has 1 aromatic rings. The minimum Gasteiger partial charge on any atom is -0.306 e. The van der Waals surface area contributed by atoms with Gasteiger partial charge in [-0.15, -0.1) is 11.3 Å². The Kier molecular flexibility index (Phi) is 4.21. The minimum absolute atomic E-state index is 0.448. The fourth-order valence-corrected chi connectivity index (χ4v) is 3.86.